The molecule has 2 aliphatic heterocycles. The van der Waals surface area contributed by atoms with Gasteiger partial charge in [0.15, 0.2) is 0 Å². The Balaban J connectivity index is 1.36. The van der Waals surface area contributed by atoms with Gasteiger partial charge >= 0.3 is 11.7 Å². The summed E-state index contributed by atoms with van der Waals surface area (Å²) in [5.74, 6) is 1.02. The Morgan fingerprint density at radius 3 is 2.66 bits per heavy atom. The standard InChI is InChI=1S/C20H29N7O2/c1-14-11-16(12-21-18(14)26-8-4-3-5-15(26)2)23-19(28)25-9-6-17(7-10-25)27-13-22-24-20(27)29/h11-13,15,17H,3-10H2,1-2H3,(H,23,28)(H,24,29). The maximum Gasteiger partial charge on any atom is 0.343 e. The Kier molecular flexibility index (Phi) is 5.55. The van der Waals surface area contributed by atoms with E-state index in [2.05, 4.69) is 32.3 Å². The van der Waals surface area contributed by atoms with Gasteiger partial charge < -0.3 is 15.1 Å². The smallest absolute Gasteiger partial charge is 0.343 e. The fourth-order valence-corrected chi connectivity index (χ4v) is 4.42. The van der Waals surface area contributed by atoms with Crippen LogP contribution in [0, 0.1) is 6.92 Å². The largest absolute Gasteiger partial charge is 0.354 e. The number of urea groups is 1. The van der Waals surface area contributed by atoms with Crippen molar-refractivity contribution in [3.63, 3.8) is 0 Å². The number of rotatable bonds is 3. The van der Waals surface area contributed by atoms with Gasteiger partial charge in [-0.3, -0.25) is 4.57 Å². The average molecular weight is 399 g/mol. The summed E-state index contributed by atoms with van der Waals surface area (Å²) in [6.45, 7) is 6.54. The fraction of sp³-hybridized carbons (Fsp3) is 0.600. The lowest BCUT2D eigenvalue weighted by Crippen LogP contribution is -2.42. The maximum atomic E-state index is 12.7. The van der Waals surface area contributed by atoms with E-state index >= 15 is 0 Å². The Morgan fingerprint density at radius 2 is 2.00 bits per heavy atom. The zero-order valence-corrected chi connectivity index (χ0v) is 17.1. The minimum absolute atomic E-state index is 0.0834. The monoisotopic (exact) mass is 399 g/mol. The van der Waals surface area contributed by atoms with Crippen LogP contribution in [0.25, 0.3) is 0 Å². The van der Waals surface area contributed by atoms with Gasteiger partial charge in [-0.2, -0.15) is 5.10 Å². The molecule has 4 heterocycles. The van der Waals surface area contributed by atoms with Gasteiger partial charge in [0.2, 0.25) is 0 Å². The first kappa shape index (κ1) is 19.5. The number of aromatic nitrogens is 4. The molecule has 156 valence electrons. The second-order valence-electron chi connectivity index (χ2n) is 8.12. The van der Waals surface area contributed by atoms with Crippen molar-refractivity contribution in [2.75, 3.05) is 29.9 Å². The molecule has 9 heteroatoms. The molecule has 4 rings (SSSR count). The zero-order valence-electron chi connectivity index (χ0n) is 17.1. The minimum atomic E-state index is -0.197. The van der Waals surface area contributed by atoms with Crippen LogP contribution in [0.3, 0.4) is 0 Å². The number of anilines is 2. The molecule has 1 atom stereocenters. The zero-order chi connectivity index (χ0) is 20.4. The number of H-pyrrole nitrogens is 1. The van der Waals surface area contributed by atoms with Gasteiger partial charge in [0, 0.05) is 31.7 Å². The summed E-state index contributed by atoms with van der Waals surface area (Å²) in [5.41, 5.74) is 1.60. The van der Waals surface area contributed by atoms with E-state index in [1.165, 1.54) is 25.6 Å². The van der Waals surface area contributed by atoms with E-state index in [0.29, 0.717) is 24.8 Å². The highest BCUT2D eigenvalue weighted by atomic mass is 16.2. The molecule has 2 fully saturated rings. The van der Waals surface area contributed by atoms with Gasteiger partial charge in [0.1, 0.15) is 12.1 Å². The maximum absolute atomic E-state index is 12.7. The van der Waals surface area contributed by atoms with E-state index in [1.807, 2.05) is 13.0 Å². The summed E-state index contributed by atoms with van der Waals surface area (Å²) in [6, 6.07) is 2.46. The van der Waals surface area contributed by atoms with E-state index in [0.717, 1.165) is 30.8 Å². The van der Waals surface area contributed by atoms with Gasteiger partial charge in [-0.05, 0) is 57.6 Å². The highest BCUT2D eigenvalue weighted by Crippen LogP contribution is 2.27. The van der Waals surface area contributed by atoms with Crippen LogP contribution in [0.4, 0.5) is 16.3 Å². The number of carbonyl (C=O) groups excluding carboxylic acids is 1. The van der Waals surface area contributed by atoms with Gasteiger partial charge in [0.25, 0.3) is 0 Å². The van der Waals surface area contributed by atoms with Crippen LogP contribution < -0.4 is 15.9 Å². The molecule has 2 N–H and O–H groups in total. The van der Waals surface area contributed by atoms with E-state index < -0.39 is 0 Å². The number of piperidine rings is 2. The van der Waals surface area contributed by atoms with E-state index in [4.69, 9.17) is 0 Å². The molecule has 2 amide bonds. The molecule has 0 aromatic carbocycles. The third-order valence-electron chi connectivity index (χ3n) is 6.10. The van der Waals surface area contributed by atoms with Crippen molar-refractivity contribution in [2.24, 2.45) is 0 Å². The second kappa shape index (κ2) is 8.26. The molecule has 29 heavy (non-hydrogen) atoms. The number of nitrogens with one attached hydrogen (secondary N) is 2. The van der Waals surface area contributed by atoms with Crippen LogP contribution in [0.5, 0.6) is 0 Å². The molecule has 2 aliphatic rings. The lowest BCUT2D eigenvalue weighted by Gasteiger charge is -2.35. The van der Waals surface area contributed by atoms with Crippen molar-refractivity contribution >= 4 is 17.5 Å². The highest BCUT2D eigenvalue weighted by Gasteiger charge is 2.25. The normalized spacial score (nSPS) is 20.7. The second-order valence-corrected chi connectivity index (χ2v) is 8.12. The molecular weight excluding hydrogens is 370 g/mol. The summed E-state index contributed by atoms with van der Waals surface area (Å²) in [6.07, 6.45) is 8.41. The van der Waals surface area contributed by atoms with Gasteiger partial charge in [-0.25, -0.2) is 19.7 Å². The molecule has 1 unspecified atom stereocenters. The summed E-state index contributed by atoms with van der Waals surface area (Å²) in [5, 5.41) is 9.18. The van der Waals surface area contributed by atoms with Crippen LogP contribution in [-0.4, -0.2) is 56.4 Å². The highest BCUT2D eigenvalue weighted by molar-refractivity contribution is 5.89. The summed E-state index contributed by atoms with van der Waals surface area (Å²) < 4.78 is 1.61. The predicted molar refractivity (Wildman–Crippen MR) is 111 cm³/mol. The summed E-state index contributed by atoms with van der Waals surface area (Å²) >= 11 is 0. The lowest BCUT2D eigenvalue weighted by atomic mass is 10.0. The first-order chi connectivity index (χ1) is 14.0. The van der Waals surface area contributed by atoms with E-state index in [9.17, 15) is 9.59 Å². The minimum Gasteiger partial charge on any atom is -0.354 e. The van der Waals surface area contributed by atoms with Crippen LogP contribution in [0.1, 0.15) is 50.6 Å². The van der Waals surface area contributed by atoms with Gasteiger partial charge in [-0.1, -0.05) is 0 Å². The quantitative estimate of drug-likeness (QED) is 0.826. The number of hydrogen-bond donors (Lipinski definition) is 2. The number of likely N-dealkylation sites (tertiary alicyclic amines) is 1. The number of nitrogens with zero attached hydrogens (tertiary/aromatic N) is 5. The molecule has 2 saturated heterocycles. The van der Waals surface area contributed by atoms with Crippen LogP contribution in [-0.2, 0) is 0 Å². The number of aromatic amines is 1. The number of hydrogen-bond acceptors (Lipinski definition) is 5. The van der Waals surface area contributed by atoms with Crippen molar-refractivity contribution in [3.05, 3.63) is 34.6 Å². The van der Waals surface area contributed by atoms with Gasteiger partial charge in [-0.15, -0.1) is 0 Å². The van der Waals surface area contributed by atoms with Crippen LogP contribution in [0.15, 0.2) is 23.4 Å². The molecule has 0 spiro atoms. The average Bonchev–Trinajstić information content (AvgIpc) is 3.15. The van der Waals surface area contributed by atoms with Crippen molar-refractivity contribution in [1.82, 2.24) is 24.6 Å². The van der Waals surface area contributed by atoms with Crippen molar-refractivity contribution in [3.8, 4) is 0 Å². The molecule has 2 aromatic rings. The molecule has 2 aromatic heterocycles. The van der Waals surface area contributed by atoms with E-state index in [1.54, 1.807) is 15.7 Å². The summed E-state index contributed by atoms with van der Waals surface area (Å²) in [4.78, 5) is 33.2. The van der Waals surface area contributed by atoms with Crippen LogP contribution in [0.2, 0.25) is 0 Å². The van der Waals surface area contributed by atoms with Gasteiger partial charge in [0.05, 0.1) is 11.9 Å². The third kappa shape index (κ3) is 4.13. The van der Waals surface area contributed by atoms with Crippen LogP contribution >= 0.6 is 0 Å². The Hall–Kier alpha value is -2.84. The van der Waals surface area contributed by atoms with Crippen molar-refractivity contribution in [2.45, 2.75) is 58.0 Å². The Labute approximate surface area is 170 Å². The van der Waals surface area contributed by atoms with Crippen molar-refractivity contribution in [1.29, 1.82) is 0 Å². The SMILES string of the molecule is Cc1cc(NC(=O)N2CCC(n3cn[nH]c3=O)CC2)cnc1N1CCCCC1C. The van der Waals surface area contributed by atoms with E-state index in [-0.39, 0.29) is 17.8 Å². The molecule has 0 saturated carbocycles. The molecule has 0 aliphatic carbocycles. The molecule has 9 nitrogen and oxygen atoms in total. The molecular formula is C20H29N7O2. The number of pyridine rings is 1. The number of amides is 2. The summed E-state index contributed by atoms with van der Waals surface area (Å²) in [7, 11) is 0. The third-order valence-corrected chi connectivity index (χ3v) is 6.10. The first-order valence-electron chi connectivity index (χ1n) is 10.4. The Morgan fingerprint density at radius 1 is 1.21 bits per heavy atom. The number of carbonyl (C=O) groups is 1. The number of aryl methyl sites for hydroxylation is 1. The Bertz CT molecular complexity index is 914. The fourth-order valence-electron chi connectivity index (χ4n) is 4.42. The molecule has 0 radical (unpaired) electrons. The predicted octanol–water partition coefficient (Wildman–Crippen LogP) is 2.52. The van der Waals surface area contributed by atoms with Crippen molar-refractivity contribution < 1.29 is 4.79 Å². The first-order valence-corrected chi connectivity index (χ1v) is 10.4. The molecule has 0 bridgehead atoms. The topological polar surface area (TPSA) is 99.2 Å². The lowest BCUT2D eigenvalue weighted by molar-refractivity contribution is 0.183.